The molecule has 1 heterocycles. The standard InChI is InChI=1S/C14H17F3OS/c1-13(7-2-8-19-13)12(18)9-10-3-5-11(6-4-10)14(15,16)17/h3-6,12,18H,2,7-9H2,1H3. The first-order valence-electron chi connectivity index (χ1n) is 6.29. The van der Waals surface area contributed by atoms with Gasteiger partial charge in [-0.15, -0.1) is 0 Å². The average molecular weight is 290 g/mol. The van der Waals surface area contributed by atoms with Gasteiger partial charge in [0.05, 0.1) is 11.7 Å². The molecule has 2 rings (SSSR count). The van der Waals surface area contributed by atoms with Crippen molar-refractivity contribution >= 4 is 11.8 Å². The molecule has 1 aromatic carbocycles. The summed E-state index contributed by atoms with van der Waals surface area (Å²) in [5.74, 6) is 1.04. The quantitative estimate of drug-likeness (QED) is 0.911. The maximum Gasteiger partial charge on any atom is 0.416 e. The minimum absolute atomic E-state index is 0.164. The van der Waals surface area contributed by atoms with E-state index in [1.807, 2.05) is 6.92 Å². The largest absolute Gasteiger partial charge is 0.416 e. The molecule has 5 heteroatoms. The van der Waals surface area contributed by atoms with E-state index < -0.39 is 17.8 Å². The smallest absolute Gasteiger partial charge is 0.391 e. The molecule has 1 aromatic rings. The van der Waals surface area contributed by atoms with Crippen LogP contribution in [0.2, 0.25) is 0 Å². The number of aliphatic hydroxyl groups is 1. The number of rotatable bonds is 3. The molecule has 2 unspecified atom stereocenters. The Morgan fingerprint density at radius 1 is 1.32 bits per heavy atom. The van der Waals surface area contributed by atoms with E-state index in [0.29, 0.717) is 6.42 Å². The van der Waals surface area contributed by atoms with Crippen LogP contribution in [0, 0.1) is 0 Å². The molecule has 0 amide bonds. The lowest BCUT2D eigenvalue weighted by atomic mass is 9.93. The second kappa shape index (κ2) is 5.37. The third kappa shape index (κ3) is 3.45. The van der Waals surface area contributed by atoms with Crippen molar-refractivity contribution in [3.63, 3.8) is 0 Å². The minimum atomic E-state index is -4.30. The van der Waals surface area contributed by atoms with Crippen LogP contribution in [-0.2, 0) is 12.6 Å². The van der Waals surface area contributed by atoms with Gasteiger partial charge in [0.15, 0.2) is 0 Å². The van der Waals surface area contributed by atoms with Crippen molar-refractivity contribution in [2.24, 2.45) is 0 Å². The molecule has 0 bridgehead atoms. The van der Waals surface area contributed by atoms with Gasteiger partial charge in [-0.2, -0.15) is 24.9 Å². The lowest BCUT2D eigenvalue weighted by Gasteiger charge is -2.29. The van der Waals surface area contributed by atoms with Gasteiger partial charge >= 0.3 is 6.18 Å². The lowest BCUT2D eigenvalue weighted by Crippen LogP contribution is -2.35. The number of hydrogen-bond donors (Lipinski definition) is 1. The van der Waals surface area contributed by atoms with Gasteiger partial charge < -0.3 is 5.11 Å². The normalized spacial score (nSPS) is 25.5. The van der Waals surface area contributed by atoms with Crippen LogP contribution in [0.5, 0.6) is 0 Å². The van der Waals surface area contributed by atoms with Crippen LogP contribution in [0.3, 0.4) is 0 Å². The van der Waals surface area contributed by atoms with E-state index in [4.69, 9.17) is 0 Å². The summed E-state index contributed by atoms with van der Waals surface area (Å²) >= 11 is 1.75. The van der Waals surface area contributed by atoms with E-state index >= 15 is 0 Å². The van der Waals surface area contributed by atoms with E-state index in [1.54, 1.807) is 11.8 Å². The lowest BCUT2D eigenvalue weighted by molar-refractivity contribution is -0.137. The Bertz CT molecular complexity index is 421. The second-order valence-electron chi connectivity index (χ2n) is 5.18. The van der Waals surface area contributed by atoms with Crippen molar-refractivity contribution in [1.29, 1.82) is 0 Å². The average Bonchev–Trinajstić information content (AvgIpc) is 2.77. The van der Waals surface area contributed by atoms with Crippen molar-refractivity contribution < 1.29 is 18.3 Å². The molecular weight excluding hydrogens is 273 g/mol. The Balaban J connectivity index is 2.03. The third-order valence-electron chi connectivity index (χ3n) is 3.66. The van der Waals surface area contributed by atoms with E-state index in [-0.39, 0.29) is 4.75 Å². The molecule has 1 fully saturated rings. The first-order valence-corrected chi connectivity index (χ1v) is 7.28. The van der Waals surface area contributed by atoms with Crippen molar-refractivity contribution in [1.82, 2.24) is 0 Å². The van der Waals surface area contributed by atoms with Gasteiger partial charge in [0, 0.05) is 4.75 Å². The van der Waals surface area contributed by atoms with Crippen LogP contribution in [0.25, 0.3) is 0 Å². The molecule has 0 aromatic heterocycles. The van der Waals surface area contributed by atoms with Gasteiger partial charge in [-0.05, 0) is 49.6 Å². The maximum absolute atomic E-state index is 12.4. The van der Waals surface area contributed by atoms with Gasteiger partial charge in [0.1, 0.15) is 0 Å². The Morgan fingerprint density at radius 3 is 2.42 bits per heavy atom. The summed E-state index contributed by atoms with van der Waals surface area (Å²) in [6.07, 6.45) is -2.37. The molecule has 1 aliphatic heterocycles. The summed E-state index contributed by atoms with van der Waals surface area (Å²) in [5.41, 5.74) is 0.0985. The highest BCUT2D eigenvalue weighted by Gasteiger charge is 2.37. The molecule has 19 heavy (non-hydrogen) atoms. The van der Waals surface area contributed by atoms with Gasteiger partial charge in [0.25, 0.3) is 0 Å². The Morgan fingerprint density at radius 2 is 1.95 bits per heavy atom. The first kappa shape index (κ1) is 14.7. The van der Waals surface area contributed by atoms with Crippen molar-refractivity contribution in [3.05, 3.63) is 35.4 Å². The van der Waals surface area contributed by atoms with Gasteiger partial charge in [-0.1, -0.05) is 12.1 Å². The topological polar surface area (TPSA) is 20.2 Å². The number of benzene rings is 1. The zero-order valence-electron chi connectivity index (χ0n) is 10.7. The number of alkyl halides is 3. The molecular formula is C14H17F3OS. The summed E-state index contributed by atoms with van der Waals surface area (Å²) in [4.78, 5) is 0. The highest BCUT2D eigenvalue weighted by atomic mass is 32.2. The van der Waals surface area contributed by atoms with Crippen LogP contribution in [0.1, 0.15) is 30.9 Å². The third-order valence-corrected chi connectivity index (χ3v) is 5.29. The van der Waals surface area contributed by atoms with Crippen LogP contribution < -0.4 is 0 Å². The molecule has 1 saturated heterocycles. The predicted molar refractivity (Wildman–Crippen MR) is 71.3 cm³/mol. The summed E-state index contributed by atoms with van der Waals surface area (Å²) in [7, 11) is 0. The van der Waals surface area contributed by atoms with Crippen molar-refractivity contribution in [3.8, 4) is 0 Å². The van der Waals surface area contributed by atoms with Gasteiger partial charge in [-0.3, -0.25) is 0 Å². The SMILES string of the molecule is CC1(C(O)Cc2ccc(C(F)(F)F)cc2)CCCS1. The monoisotopic (exact) mass is 290 g/mol. The van der Waals surface area contributed by atoms with Crippen LogP contribution in [0.4, 0.5) is 13.2 Å². The fourth-order valence-electron chi connectivity index (χ4n) is 2.33. The van der Waals surface area contributed by atoms with Crippen molar-refractivity contribution in [2.75, 3.05) is 5.75 Å². The summed E-state index contributed by atoms with van der Waals surface area (Å²) < 4.78 is 37.1. The van der Waals surface area contributed by atoms with E-state index in [1.165, 1.54) is 12.1 Å². The highest BCUT2D eigenvalue weighted by molar-refractivity contribution is 8.00. The molecule has 1 N–H and O–H groups in total. The number of halogens is 3. The molecule has 0 radical (unpaired) electrons. The highest BCUT2D eigenvalue weighted by Crippen LogP contribution is 2.41. The van der Waals surface area contributed by atoms with E-state index in [2.05, 4.69) is 0 Å². The molecule has 1 aliphatic rings. The number of thioether (sulfide) groups is 1. The summed E-state index contributed by atoms with van der Waals surface area (Å²) in [6.45, 7) is 2.03. The van der Waals surface area contributed by atoms with Crippen molar-refractivity contribution in [2.45, 2.75) is 43.2 Å². The molecule has 0 aliphatic carbocycles. The van der Waals surface area contributed by atoms with Gasteiger partial charge in [0.2, 0.25) is 0 Å². The predicted octanol–water partition coefficient (Wildman–Crippen LogP) is 3.89. The molecule has 1 nitrogen and oxygen atoms in total. The molecule has 106 valence electrons. The molecule has 0 saturated carbocycles. The summed E-state index contributed by atoms with van der Waals surface area (Å²) in [5, 5.41) is 10.2. The zero-order chi connectivity index (χ0) is 14.1. The summed E-state index contributed by atoms with van der Waals surface area (Å²) in [6, 6.07) is 5.06. The maximum atomic E-state index is 12.4. The Labute approximate surface area is 115 Å². The zero-order valence-corrected chi connectivity index (χ0v) is 11.5. The second-order valence-corrected chi connectivity index (χ2v) is 6.81. The molecule has 0 spiro atoms. The number of aliphatic hydroxyl groups excluding tert-OH is 1. The Hall–Kier alpha value is -0.680. The minimum Gasteiger partial charge on any atom is -0.391 e. The Kier molecular flexibility index (Phi) is 4.16. The van der Waals surface area contributed by atoms with Crippen LogP contribution in [-0.4, -0.2) is 21.7 Å². The van der Waals surface area contributed by atoms with Crippen LogP contribution >= 0.6 is 11.8 Å². The van der Waals surface area contributed by atoms with Gasteiger partial charge in [-0.25, -0.2) is 0 Å². The fourth-order valence-corrected chi connectivity index (χ4v) is 3.65. The fraction of sp³-hybridized carbons (Fsp3) is 0.571. The first-order chi connectivity index (χ1) is 8.81. The number of hydrogen-bond acceptors (Lipinski definition) is 2. The van der Waals surface area contributed by atoms with E-state index in [0.717, 1.165) is 36.3 Å². The molecule has 2 atom stereocenters. The van der Waals surface area contributed by atoms with Crippen LogP contribution in [0.15, 0.2) is 24.3 Å². The van der Waals surface area contributed by atoms with E-state index in [9.17, 15) is 18.3 Å².